The van der Waals surface area contributed by atoms with Gasteiger partial charge in [-0.25, -0.2) is 9.48 Å². The summed E-state index contributed by atoms with van der Waals surface area (Å²) in [6, 6.07) is 4.82. The zero-order valence-electron chi connectivity index (χ0n) is 19.3. The van der Waals surface area contributed by atoms with Gasteiger partial charge in [0.2, 0.25) is 0 Å². The summed E-state index contributed by atoms with van der Waals surface area (Å²) in [7, 11) is 1.59. The van der Waals surface area contributed by atoms with Crippen LogP contribution in [0.25, 0.3) is 0 Å². The van der Waals surface area contributed by atoms with Crippen molar-refractivity contribution in [3.05, 3.63) is 56.1 Å². The largest absolute Gasteiger partial charge is 0.514 e. The van der Waals surface area contributed by atoms with Crippen molar-refractivity contribution < 1.29 is 14.6 Å². The van der Waals surface area contributed by atoms with E-state index in [9.17, 15) is 14.7 Å². The smallest absolute Gasteiger partial charge is 0.415 e. The van der Waals surface area contributed by atoms with Gasteiger partial charge in [0.15, 0.2) is 0 Å². The third-order valence-corrected chi connectivity index (χ3v) is 6.19. The average Bonchev–Trinajstić information content (AvgIpc) is 2.69. The van der Waals surface area contributed by atoms with Gasteiger partial charge >= 0.3 is 6.09 Å². The van der Waals surface area contributed by atoms with Gasteiger partial charge in [-0.15, -0.1) is 0 Å². The number of carbonyl (C=O) groups is 1. The van der Waals surface area contributed by atoms with Crippen LogP contribution in [0.15, 0.2) is 44.9 Å². The molecule has 0 bridgehead atoms. The number of carbonyl (C=O) groups excluding carboxylic acids is 1. The van der Waals surface area contributed by atoms with Gasteiger partial charge < -0.3 is 15.6 Å². The molecule has 0 aliphatic carbocycles. The molecule has 0 unspecified atom stereocenters. The van der Waals surface area contributed by atoms with Gasteiger partial charge in [-0.2, -0.15) is 5.10 Å². The summed E-state index contributed by atoms with van der Waals surface area (Å²) in [5, 5.41) is 14.6. The number of rotatable bonds is 6. The Morgan fingerprint density at radius 1 is 1.30 bits per heavy atom. The average molecular weight is 515 g/mol. The van der Waals surface area contributed by atoms with Crippen molar-refractivity contribution in [3.8, 4) is 0 Å². The van der Waals surface area contributed by atoms with Crippen LogP contribution in [-0.2, 0) is 11.8 Å². The zero-order chi connectivity index (χ0) is 25.1. The third-order valence-electron chi connectivity index (χ3n) is 4.31. The van der Waals surface area contributed by atoms with E-state index < -0.39 is 11.7 Å². The van der Waals surface area contributed by atoms with Crippen molar-refractivity contribution in [2.75, 3.05) is 11.4 Å². The van der Waals surface area contributed by atoms with Gasteiger partial charge in [0.1, 0.15) is 10.6 Å². The molecule has 11 heteroatoms. The van der Waals surface area contributed by atoms with E-state index in [1.54, 1.807) is 46.0 Å². The second-order valence-corrected chi connectivity index (χ2v) is 10.5. The van der Waals surface area contributed by atoms with E-state index in [0.717, 1.165) is 0 Å². The van der Waals surface area contributed by atoms with Crippen molar-refractivity contribution >= 4 is 46.7 Å². The van der Waals surface area contributed by atoms with E-state index in [1.165, 1.54) is 21.3 Å². The Morgan fingerprint density at radius 3 is 2.36 bits per heavy atom. The van der Waals surface area contributed by atoms with Crippen molar-refractivity contribution in [2.24, 2.45) is 12.8 Å². The van der Waals surface area contributed by atoms with Gasteiger partial charge in [0.25, 0.3) is 5.56 Å². The van der Waals surface area contributed by atoms with Crippen molar-refractivity contribution in [3.63, 3.8) is 0 Å². The number of nitrogens with zero attached hydrogens (tertiary/aromatic N) is 3. The van der Waals surface area contributed by atoms with Crippen molar-refractivity contribution in [1.29, 1.82) is 0 Å². The number of benzene rings is 1. The fourth-order valence-corrected chi connectivity index (χ4v) is 4.35. The van der Waals surface area contributed by atoms with Crippen LogP contribution in [0.3, 0.4) is 0 Å². The maximum atomic E-state index is 12.8. The molecule has 3 N–H and O–H groups in total. The minimum absolute atomic E-state index is 0.0202. The van der Waals surface area contributed by atoms with Crippen LogP contribution in [0.4, 0.5) is 10.5 Å². The molecular weight excluding hydrogens is 487 g/mol. The minimum Gasteiger partial charge on any atom is -0.514 e. The normalized spacial score (nSPS) is 12.2. The summed E-state index contributed by atoms with van der Waals surface area (Å²) in [5.41, 5.74) is 5.84. The van der Waals surface area contributed by atoms with E-state index in [1.807, 2.05) is 13.8 Å². The van der Waals surface area contributed by atoms with Crippen LogP contribution >= 0.6 is 35.0 Å². The number of halogens is 2. The molecule has 1 aromatic carbocycles. The highest BCUT2D eigenvalue weighted by Gasteiger charge is 2.26. The SMILES string of the molecule is CC(C)c1cc(Sc2c(Cl)cc(N(C/C(N)=C/O)C(=O)OC(C)(C)C)cc2Cl)nn(C)c1=O. The standard InChI is InChI=1S/C22H28Cl2N4O4S/c1-12(2)15-9-18(26-27(6)20(15)30)33-19-16(23)7-14(8-17(19)24)28(10-13(25)11-29)21(31)32-22(3,4)5/h7-9,11-12,29H,10,25H2,1-6H3/b13-11-. The molecule has 180 valence electrons. The molecule has 0 radical (unpaired) electrons. The van der Waals surface area contributed by atoms with Crippen molar-refractivity contribution in [1.82, 2.24) is 9.78 Å². The van der Waals surface area contributed by atoms with Crippen LogP contribution in [0, 0.1) is 0 Å². The summed E-state index contributed by atoms with van der Waals surface area (Å²) >= 11 is 14.3. The molecule has 0 atom stereocenters. The molecule has 0 fully saturated rings. The summed E-state index contributed by atoms with van der Waals surface area (Å²) in [5.74, 6) is 0.0202. The third kappa shape index (κ3) is 7.06. The predicted octanol–water partition coefficient (Wildman–Crippen LogP) is 5.46. The van der Waals surface area contributed by atoms with E-state index in [-0.39, 0.29) is 33.8 Å². The van der Waals surface area contributed by atoms with Crippen LogP contribution in [0.5, 0.6) is 0 Å². The maximum Gasteiger partial charge on any atom is 0.415 e. The van der Waals surface area contributed by atoms with Gasteiger partial charge in [0.05, 0.1) is 39.1 Å². The molecule has 1 heterocycles. The number of aromatic nitrogens is 2. The molecule has 33 heavy (non-hydrogen) atoms. The van der Waals surface area contributed by atoms with E-state index >= 15 is 0 Å². The first-order valence-corrected chi connectivity index (χ1v) is 11.6. The number of aryl methyl sites for hydroxylation is 1. The number of anilines is 1. The molecule has 8 nitrogen and oxygen atoms in total. The second kappa shape index (κ2) is 10.7. The van der Waals surface area contributed by atoms with Crippen LogP contribution in [-0.4, -0.2) is 33.1 Å². The predicted molar refractivity (Wildman–Crippen MR) is 133 cm³/mol. The highest BCUT2D eigenvalue weighted by atomic mass is 35.5. The Labute approximate surface area is 207 Å². The molecular formula is C22H28Cl2N4O4S. The molecule has 1 aromatic heterocycles. The summed E-state index contributed by atoms with van der Waals surface area (Å²) < 4.78 is 6.73. The van der Waals surface area contributed by atoms with Crippen LogP contribution in [0.2, 0.25) is 10.0 Å². The molecule has 0 saturated carbocycles. The topological polar surface area (TPSA) is 111 Å². The lowest BCUT2D eigenvalue weighted by atomic mass is 10.1. The molecule has 0 aliphatic heterocycles. The fraction of sp³-hybridized carbons (Fsp3) is 0.409. The Hall–Kier alpha value is -2.36. The minimum atomic E-state index is -0.751. The zero-order valence-corrected chi connectivity index (χ0v) is 21.7. The molecule has 1 amide bonds. The number of nitrogens with two attached hydrogens (primary N) is 1. The summed E-state index contributed by atoms with van der Waals surface area (Å²) in [4.78, 5) is 26.8. The Kier molecular flexibility index (Phi) is 8.73. The number of hydrogen-bond acceptors (Lipinski definition) is 7. The highest BCUT2D eigenvalue weighted by molar-refractivity contribution is 7.99. The summed E-state index contributed by atoms with van der Waals surface area (Å²) in [6.45, 7) is 8.93. The lowest BCUT2D eigenvalue weighted by molar-refractivity contribution is 0.0583. The first-order valence-electron chi connectivity index (χ1n) is 10.1. The number of aliphatic hydroxyl groups excluding tert-OH is 1. The van der Waals surface area contributed by atoms with Gasteiger partial charge in [-0.05, 0) is 44.9 Å². The first-order chi connectivity index (χ1) is 15.2. The maximum absolute atomic E-state index is 12.8. The van der Waals surface area contributed by atoms with E-state index in [2.05, 4.69) is 5.10 Å². The molecule has 2 aromatic rings. The molecule has 2 rings (SSSR count). The lowest BCUT2D eigenvalue weighted by Gasteiger charge is -2.28. The van der Waals surface area contributed by atoms with Crippen molar-refractivity contribution in [2.45, 2.75) is 56.1 Å². The summed E-state index contributed by atoms with van der Waals surface area (Å²) in [6.07, 6.45) is 0.0313. The Balaban J connectivity index is 2.47. The number of aliphatic hydroxyl groups is 1. The number of amides is 1. The van der Waals surface area contributed by atoms with Crippen LogP contribution in [0.1, 0.15) is 46.1 Å². The molecule has 0 aliphatic rings. The number of hydrogen-bond donors (Lipinski definition) is 2. The number of ether oxygens (including phenoxy) is 1. The molecule has 0 saturated heterocycles. The first kappa shape index (κ1) is 26.9. The van der Waals surface area contributed by atoms with Gasteiger partial charge in [0, 0.05) is 12.6 Å². The van der Waals surface area contributed by atoms with Gasteiger partial charge in [-0.1, -0.05) is 48.8 Å². The lowest BCUT2D eigenvalue weighted by Crippen LogP contribution is -2.39. The van der Waals surface area contributed by atoms with Crippen LogP contribution < -0.4 is 16.2 Å². The van der Waals surface area contributed by atoms with E-state index in [4.69, 9.17) is 33.7 Å². The highest BCUT2D eigenvalue weighted by Crippen LogP contribution is 2.41. The fourth-order valence-electron chi connectivity index (χ4n) is 2.77. The molecule has 0 spiro atoms. The van der Waals surface area contributed by atoms with Gasteiger partial charge in [-0.3, -0.25) is 9.69 Å². The quantitative estimate of drug-likeness (QED) is 0.492. The second-order valence-electron chi connectivity index (χ2n) is 8.63. The Morgan fingerprint density at radius 2 is 1.88 bits per heavy atom. The monoisotopic (exact) mass is 514 g/mol. The Bertz CT molecular complexity index is 1100. The van der Waals surface area contributed by atoms with E-state index in [0.29, 0.717) is 27.4 Å².